The van der Waals surface area contributed by atoms with Crippen molar-refractivity contribution in [3.8, 4) is 0 Å². The molecule has 0 saturated carbocycles. The van der Waals surface area contributed by atoms with Crippen LogP contribution in [0.5, 0.6) is 0 Å². The molecule has 0 bridgehead atoms. The number of benzene rings is 1. The van der Waals surface area contributed by atoms with E-state index in [4.69, 9.17) is 27.9 Å². The van der Waals surface area contributed by atoms with E-state index < -0.39 is 0 Å². The molecular formula is C13H14Cl2INO2. The molecule has 3 nitrogen and oxygen atoms in total. The van der Waals surface area contributed by atoms with Crippen molar-refractivity contribution in [2.75, 3.05) is 13.1 Å². The van der Waals surface area contributed by atoms with Crippen molar-refractivity contribution in [3.05, 3.63) is 31.3 Å². The van der Waals surface area contributed by atoms with Crippen LogP contribution in [-0.4, -0.2) is 36.1 Å². The van der Waals surface area contributed by atoms with Crippen LogP contribution in [-0.2, 0) is 4.74 Å². The van der Waals surface area contributed by atoms with Crippen LogP contribution in [0, 0.1) is 3.57 Å². The van der Waals surface area contributed by atoms with Crippen LogP contribution in [0.1, 0.15) is 24.2 Å². The number of hydrogen-bond acceptors (Lipinski definition) is 2. The summed E-state index contributed by atoms with van der Waals surface area (Å²) in [5, 5.41) is 0.980. The summed E-state index contributed by atoms with van der Waals surface area (Å²) in [7, 11) is 0. The van der Waals surface area contributed by atoms with Gasteiger partial charge < -0.3 is 9.64 Å². The third-order valence-corrected chi connectivity index (χ3v) is 4.93. The van der Waals surface area contributed by atoms with Crippen LogP contribution in [0.15, 0.2) is 12.1 Å². The Balaban J connectivity index is 2.29. The van der Waals surface area contributed by atoms with Gasteiger partial charge in [-0.1, -0.05) is 23.2 Å². The highest BCUT2D eigenvalue weighted by Gasteiger charge is 2.28. The fraction of sp³-hybridized carbons (Fsp3) is 0.462. The molecule has 2 rings (SSSR count). The van der Waals surface area contributed by atoms with Crippen LogP contribution in [0.2, 0.25) is 10.0 Å². The van der Waals surface area contributed by atoms with E-state index in [9.17, 15) is 4.79 Å². The average molecular weight is 414 g/mol. The second-order valence-corrected chi connectivity index (χ2v) is 6.64. The Morgan fingerprint density at radius 2 is 1.89 bits per heavy atom. The van der Waals surface area contributed by atoms with Crippen molar-refractivity contribution in [3.63, 3.8) is 0 Å². The van der Waals surface area contributed by atoms with Crippen LogP contribution in [0.25, 0.3) is 0 Å². The molecule has 1 fully saturated rings. The molecule has 0 N–H and O–H groups in total. The smallest absolute Gasteiger partial charge is 0.255 e. The average Bonchev–Trinajstić information content (AvgIpc) is 2.31. The minimum Gasteiger partial charge on any atom is -0.372 e. The second kappa shape index (κ2) is 6.16. The van der Waals surface area contributed by atoms with Gasteiger partial charge in [-0.05, 0) is 48.6 Å². The topological polar surface area (TPSA) is 29.5 Å². The molecule has 1 heterocycles. The lowest BCUT2D eigenvalue weighted by Gasteiger charge is -2.35. The first-order valence-corrected chi connectivity index (χ1v) is 7.81. The van der Waals surface area contributed by atoms with Gasteiger partial charge in [0.05, 0.1) is 22.8 Å². The standard InChI is InChI=1S/C13H14Cl2INO2/c1-7-5-17(6-8(2)19-7)13(18)10-3-9(14)4-11(15)12(10)16/h3-4,7-8H,5-6H2,1-2H3/t7-,8-/m0/s1. The van der Waals surface area contributed by atoms with Crippen LogP contribution in [0.4, 0.5) is 0 Å². The minimum atomic E-state index is -0.0456. The van der Waals surface area contributed by atoms with Crippen molar-refractivity contribution in [1.29, 1.82) is 0 Å². The van der Waals surface area contributed by atoms with E-state index in [0.29, 0.717) is 28.7 Å². The number of nitrogens with zero attached hydrogens (tertiary/aromatic N) is 1. The summed E-state index contributed by atoms with van der Waals surface area (Å²) in [5.41, 5.74) is 0.555. The summed E-state index contributed by atoms with van der Waals surface area (Å²) in [6, 6.07) is 3.31. The maximum absolute atomic E-state index is 12.6. The zero-order valence-electron chi connectivity index (χ0n) is 10.6. The van der Waals surface area contributed by atoms with Gasteiger partial charge in [0.1, 0.15) is 0 Å². The van der Waals surface area contributed by atoms with E-state index >= 15 is 0 Å². The SMILES string of the molecule is C[C@H]1CN(C(=O)c2cc(Cl)cc(Cl)c2I)C[C@H](C)O1. The molecular weight excluding hydrogens is 400 g/mol. The van der Waals surface area contributed by atoms with Crippen molar-refractivity contribution in [2.45, 2.75) is 26.1 Å². The van der Waals surface area contributed by atoms with Crippen molar-refractivity contribution < 1.29 is 9.53 Å². The predicted octanol–water partition coefficient (Wildman–Crippen LogP) is 3.85. The first kappa shape index (κ1) is 15.4. The van der Waals surface area contributed by atoms with Gasteiger partial charge in [0.25, 0.3) is 5.91 Å². The molecule has 0 unspecified atom stereocenters. The number of carbonyl (C=O) groups is 1. The highest BCUT2D eigenvalue weighted by atomic mass is 127. The number of carbonyl (C=O) groups excluding carboxylic acids is 1. The van der Waals surface area contributed by atoms with Crippen LogP contribution >= 0.6 is 45.8 Å². The third-order valence-electron chi connectivity index (χ3n) is 2.93. The Morgan fingerprint density at radius 1 is 1.32 bits per heavy atom. The Hall–Kier alpha value is -0.0400. The van der Waals surface area contributed by atoms with E-state index in [1.807, 2.05) is 13.8 Å². The summed E-state index contributed by atoms with van der Waals surface area (Å²) < 4.78 is 6.37. The van der Waals surface area contributed by atoms with E-state index in [1.165, 1.54) is 0 Å². The van der Waals surface area contributed by atoms with Crippen molar-refractivity contribution in [2.24, 2.45) is 0 Å². The molecule has 0 radical (unpaired) electrons. The lowest BCUT2D eigenvalue weighted by Crippen LogP contribution is -2.48. The normalized spacial score (nSPS) is 23.5. The van der Waals surface area contributed by atoms with Crippen molar-refractivity contribution >= 4 is 51.7 Å². The molecule has 1 saturated heterocycles. The first-order chi connectivity index (χ1) is 8.88. The molecule has 0 spiro atoms. The summed E-state index contributed by atoms with van der Waals surface area (Å²) in [5.74, 6) is -0.0456. The highest BCUT2D eigenvalue weighted by molar-refractivity contribution is 14.1. The first-order valence-electron chi connectivity index (χ1n) is 5.97. The highest BCUT2D eigenvalue weighted by Crippen LogP contribution is 2.28. The van der Waals surface area contributed by atoms with Gasteiger partial charge in [-0.15, -0.1) is 0 Å². The van der Waals surface area contributed by atoms with Gasteiger partial charge in [-0.3, -0.25) is 4.79 Å². The number of rotatable bonds is 1. The van der Waals surface area contributed by atoms with Crippen LogP contribution < -0.4 is 0 Å². The fourth-order valence-corrected chi connectivity index (χ4v) is 3.26. The van der Waals surface area contributed by atoms with Gasteiger partial charge in [0.15, 0.2) is 0 Å². The molecule has 0 aromatic heterocycles. The third kappa shape index (κ3) is 3.54. The fourth-order valence-electron chi connectivity index (χ4n) is 2.23. The molecule has 1 aliphatic heterocycles. The number of hydrogen-bond donors (Lipinski definition) is 0. The molecule has 1 aromatic rings. The summed E-state index contributed by atoms with van der Waals surface area (Å²) >= 11 is 14.1. The van der Waals surface area contributed by atoms with Crippen molar-refractivity contribution in [1.82, 2.24) is 4.90 Å². The van der Waals surface area contributed by atoms with E-state index in [-0.39, 0.29) is 18.1 Å². The van der Waals surface area contributed by atoms with Gasteiger partial charge in [0.2, 0.25) is 0 Å². The maximum atomic E-state index is 12.6. The number of morpholine rings is 1. The number of ether oxygens (including phenoxy) is 1. The molecule has 1 amide bonds. The van der Waals surface area contributed by atoms with Gasteiger partial charge in [-0.2, -0.15) is 0 Å². The lowest BCUT2D eigenvalue weighted by atomic mass is 10.1. The Morgan fingerprint density at radius 3 is 2.47 bits per heavy atom. The Kier molecular flexibility index (Phi) is 4.98. The lowest BCUT2D eigenvalue weighted by molar-refractivity contribution is -0.0586. The zero-order valence-corrected chi connectivity index (χ0v) is 14.3. The molecule has 6 heteroatoms. The monoisotopic (exact) mass is 413 g/mol. The number of halogens is 3. The molecule has 1 aromatic carbocycles. The van der Waals surface area contributed by atoms with Gasteiger partial charge in [-0.25, -0.2) is 0 Å². The van der Waals surface area contributed by atoms with E-state index in [1.54, 1.807) is 17.0 Å². The van der Waals surface area contributed by atoms with E-state index in [0.717, 1.165) is 3.57 Å². The second-order valence-electron chi connectivity index (χ2n) is 4.72. The number of amides is 1. The summed E-state index contributed by atoms with van der Waals surface area (Å²) in [4.78, 5) is 14.4. The zero-order chi connectivity index (χ0) is 14.2. The maximum Gasteiger partial charge on any atom is 0.255 e. The summed E-state index contributed by atoms with van der Waals surface area (Å²) in [6.07, 6.45) is 0.0834. The molecule has 2 atom stereocenters. The molecule has 104 valence electrons. The molecule has 19 heavy (non-hydrogen) atoms. The molecule has 1 aliphatic rings. The quantitative estimate of drug-likeness (QED) is 0.517. The van der Waals surface area contributed by atoms with E-state index in [2.05, 4.69) is 22.6 Å². The van der Waals surface area contributed by atoms with Crippen LogP contribution in [0.3, 0.4) is 0 Å². The van der Waals surface area contributed by atoms with Gasteiger partial charge in [0, 0.05) is 21.7 Å². The largest absolute Gasteiger partial charge is 0.372 e. The Bertz CT molecular complexity index is 500. The predicted molar refractivity (Wildman–Crippen MR) is 85.1 cm³/mol. The van der Waals surface area contributed by atoms with Gasteiger partial charge >= 0.3 is 0 Å². The Labute approximate surface area is 136 Å². The molecule has 0 aliphatic carbocycles. The minimum absolute atomic E-state index is 0.0417. The summed E-state index contributed by atoms with van der Waals surface area (Å²) in [6.45, 7) is 5.10.